The lowest BCUT2D eigenvalue weighted by Gasteiger charge is -2.24. The summed E-state index contributed by atoms with van der Waals surface area (Å²) in [6.45, 7) is 7.67. The highest BCUT2D eigenvalue weighted by atomic mass is 32.2. The van der Waals surface area contributed by atoms with Crippen molar-refractivity contribution in [2.24, 2.45) is 0 Å². The second-order valence-corrected chi connectivity index (χ2v) is 5.27. The maximum absolute atomic E-state index is 11.5. The molecule has 0 fully saturated rings. The van der Waals surface area contributed by atoms with Gasteiger partial charge in [-0.05, 0) is 20.1 Å². The van der Waals surface area contributed by atoms with Gasteiger partial charge in [0.2, 0.25) is 0 Å². The zero-order valence-corrected chi connectivity index (χ0v) is 12.6. The molecule has 0 aliphatic heterocycles. The third-order valence-electron chi connectivity index (χ3n) is 1.97. The van der Waals surface area contributed by atoms with E-state index in [-0.39, 0.29) is 32.2 Å². The molecule has 110 valence electrons. The monoisotopic (exact) mass is 290 g/mol. The largest absolute Gasteiger partial charge is 0.460 e. The van der Waals surface area contributed by atoms with E-state index in [1.807, 2.05) is 20.1 Å². The summed E-state index contributed by atoms with van der Waals surface area (Å²) in [5.41, 5.74) is -0.462. The van der Waals surface area contributed by atoms with Gasteiger partial charge in [0, 0.05) is 11.8 Å². The molecule has 0 aliphatic rings. The molecule has 19 heavy (non-hydrogen) atoms. The van der Waals surface area contributed by atoms with E-state index in [0.29, 0.717) is 0 Å². The summed E-state index contributed by atoms with van der Waals surface area (Å²) in [5.74, 6) is -0.0270. The third-order valence-corrected chi connectivity index (χ3v) is 2.96. The standard InChI is InChI=1S/C13H22O5S/c1-5-11(14)17-9-8-16-7-6-12(15)18-13(2,3)10-19-4/h5H,1,6-10H2,2-4H3. The normalized spacial score (nSPS) is 10.9. The topological polar surface area (TPSA) is 61.8 Å². The average Bonchev–Trinajstić information content (AvgIpc) is 2.32. The van der Waals surface area contributed by atoms with Crippen molar-refractivity contribution in [2.75, 3.05) is 31.8 Å². The first kappa shape index (κ1) is 18.0. The van der Waals surface area contributed by atoms with Crippen LogP contribution in [-0.4, -0.2) is 49.4 Å². The molecule has 0 atom stereocenters. The highest BCUT2D eigenvalue weighted by Gasteiger charge is 2.21. The van der Waals surface area contributed by atoms with Gasteiger partial charge in [-0.3, -0.25) is 4.79 Å². The Balaban J connectivity index is 3.59. The van der Waals surface area contributed by atoms with E-state index in [1.54, 1.807) is 11.8 Å². The van der Waals surface area contributed by atoms with Crippen LogP contribution in [0.5, 0.6) is 0 Å². The molecule has 6 heteroatoms. The second-order valence-electron chi connectivity index (χ2n) is 4.40. The van der Waals surface area contributed by atoms with Crippen molar-refractivity contribution >= 4 is 23.7 Å². The maximum Gasteiger partial charge on any atom is 0.330 e. The average molecular weight is 290 g/mol. The summed E-state index contributed by atoms with van der Waals surface area (Å²) in [7, 11) is 0. The van der Waals surface area contributed by atoms with Crippen LogP contribution in [0.3, 0.4) is 0 Å². The van der Waals surface area contributed by atoms with Crippen molar-refractivity contribution < 1.29 is 23.8 Å². The minimum atomic E-state index is -0.484. The molecular weight excluding hydrogens is 268 g/mol. The summed E-state index contributed by atoms with van der Waals surface area (Å²) in [6.07, 6.45) is 3.24. The van der Waals surface area contributed by atoms with Crippen molar-refractivity contribution in [2.45, 2.75) is 25.9 Å². The number of thioether (sulfide) groups is 1. The lowest BCUT2D eigenvalue weighted by atomic mass is 10.2. The summed E-state index contributed by atoms with van der Waals surface area (Å²) < 4.78 is 15.2. The zero-order valence-electron chi connectivity index (χ0n) is 11.8. The molecule has 0 rings (SSSR count). The van der Waals surface area contributed by atoms with Gasteiger partial charge in [-0.2, -0.15) is 11.8 Å². The van der Waals surface area contributed by atoms with E-state index in [9.17, 15) is 9.59 Å². The van der Waals surface area contributed by atoms with E-state index in [4.69, 9.17) is 14.2 Å². The fraction of sp³-hybridized carbons (Fsp3) is 0.692. The lowest BCUT2D eigenvalue weighted by molar-refractivity contribution is -0.156. The molecule has 0 radical (unpaired) electrons. The molecule has 0 aromatic heterocycles. The number of hydrogen-bond donors (Lipinski definition) is 0. The van der Waals surface area contributed by atoms with Crippen molar-refractivity contribution in [3.63, 3.8) is 0 Å². The van der Waals surface area contributed by atoms with Crippen LogP contribution >= 0.6 is 11.8 Å². The predicted molar refractivity (Wildman–Crippen MR) is 75.1 cm³/mol. The molecule has 0 aliphatic carbocycles. The fourth-order valence-electron chi connectivity index (χ4n) is 1.25. The Labute approximate surface area is 118 Å². The number of esters is 2. The Morgan fingerprint density at radius 1 is 1.26 bits per heavy atom. The van der Waals surface area contributed by atoms with Gasteiger partial charge in [0.05, 0.1) is 19.6 Å². The molecule has 0 amide bonds. The van der Waals surface area contributed by atoms with Crippen LogP contribution in [-0.2, 0) is 23.8 Å². The molecule has 0 bridgehead atoms. The minimum absolute atomic E-state index is 0.151. The molecule has 0 aromatic rings. The van der Waals surface area contributed by atoms with Gasteiger partial charge in [-0.1, -0.05) is 6.58 Å². The second kappa shape index (κ2) is 9.86. The van der Waals surface area contributed by atoms with E-state index < -0.39 is 11.6 Å². The molecule has 0 N–H and O–H groups in total. The van der Waals surface area contributed by atoms with E-state index in [2.05, 4.69) is 6.58 Å². The van der Waals surface area contributed by atoms with Gasteiger partial charge in [0.25, 0.3) is 0 Å². The first-order valence-corrected chi connectivity index (χ1v) is 7.38. The maximum atomic E-state index is 11.5. The summed E-state index contributed by atoms with van der Waals surface area (Å²) in [4.78, 5) is 22.2. The zero-order chi connectivity index (χ0) is 14.7. The van der Waals surface area contributed by atoms with Crippen LogP contribution in [0, 0.1) is 0 Å². The van der Waals surface area contributed by atoms with Crippen LogP contribution in [0.25, 0.3) is 0 Å². The smallest absolute Gasteiger partial charge is 0.330 e. The van der Waals surface area contributed by atoms with Crippen LogP contribution < -0.4 is 0 Å². The number of rotatable bonds is 10. The Hall–Kier alpha value is -1.01. The molecule has 0 saturated heterocycles. The van der Waals surface area contributed by atoms with Gasteiger partial charge in [-0.15, -0.1) is 0 Å². The number of ether oxygens (including phenoxy) is 3. The van der Waals surface area contributed by atoms with Crippen molar-refractivity contribution in [1.29, 1.82) is 0 Å². The highest BCUT2D eigenvalue weighted by molar-refractivity contribution is 7.98. The van der Waals surface area contributed by atoms with E-state index in [1.165, 1.54) is 0 Å². The van der Waals surface area contributed by atoms with E-state index >= 15 is 0 Å². The van der Waals surface area contributed by atoms with Gasteiger partial charge < -0.3 is 14.2 Å². The first-order valence-electron chi connectivity index (χ1n) is 5.99. The lowest BCUT2D eigenvalue weighted by Crippen LogP contribution is -2.31. The van der Waals surface area contributed by atoms with Crippen molar-refractivity contribution in [1.82, 2.24) is 0 Å². The molecule has 0 spiro atoms. The Bertz CT molecular complexity index is 301. The van der Waals surface area contributed by atoms with Crippen LogP contribution in [0.1, 0.15) is 20.3 Å². The Morgan fingerprint density at radius 3 is 2.53 bits per heavy atom. The van der Waals surface area contributed by atoms with Gasteiger partial charge in [0.15, 0.2) is 0 Å². The number of carbonyl (C=O) groups excluding carboxylic acids is 2. The fourth-order valence-corrected chi connectivity index (χ4v) is 2.01. The van der Waals surface area contributed by atoms with Gasteiger partial charge in [0.1, 0.15) is 12.2 Å². The minimum Gasteiger partial charge on any atom is -0.460 e. The summed E-state index contributed by atoms with van der Waals surface area (Å²) in [5, 5.41) is 0. The van der Waals surface area contributed by atoms with Crippen LogP contribution in [0.15, 0.2) is 12.7 Å². The van der Waals surface area contributed by atoms with E-state index in [0.717, 1.165) is 11.8 Å². The molecule has 0 unspecified atom stereocenters. The van der Waals surface area contributed by atoms with Gasteiger partial charge >= 0.3 is 11.9 Å². The van der Waals surface area contributed by atoms with Crippen molar-refractivity contribution in [3.05, 3.63) is 12.7 Å². The first-order chi connectivity index (χ1) is 8.91. The van der Waals surface area contributed by atoms with Gasteiger partial charge in [-0.25, -0.2) is 4.79 Å². The van der Waals surface area contributed by atoms with Crippen molar-refractivity contribution in [3.8, 4) is 0 Å². The Morgan fingerprint density at radius 2 is 1.95 bits per heavy atom. The molecule has 0 saturated carbocycles. The predicted octanol–water partition coefficient (Wildman–Crippen LogP) is 1.81. The Kier molecular flexibility index (Phi) is 9.34. The molecule has 0 heterocycles. The summed E-state index contributed by atoms with van der Waals surface area (Å²) >= 11 is 1.63. The molecule has 5 nitrogen and oxygen atoms in total. The van der Waals surface area contributed by atoms with Crippen LogP contribution in [0.4, 0.5) is 0 Å². The number of hydrogen-bond acceptors (Lipinski definition) is 6. The van der Waals surface area contributed by atoms with Crippen LogP contribution in [0.2, 0.25) is 0 Å². The SMILES string of the molecule is C=CC(=O)OCCOCCC(=O)OC(C)(C)CSC. The quantitative estimate of drug-likeness (QED) is 0.347. The summed E-state index contributed by atoms with van der Waals surface area (Å²) in [6, 6.07) is 0. The number of carbonyl (C=O) groups is 2. The third kappa shape index (κ3) is 10.6. The molecular formula is C13H22O5S. The highest BCUT2D eigenvalue weighted by Crippen LogP contribution is 2.15. The molecule has 0 aromatic carbocycles.